The van der Waals surface area contributed by atoms with Crippen molar-refractivity contribution >= 4 is 5.69 Å². The second kappa shape index (κ2) is 4.25. The van der Waals surface area contributed by atoms with Crippen molar-refractivity contribution in [2.45, 2.75) is 6.29 Å². The molecular formula is C10H15NO2. The lowest BCUT2D eigenvalue weighted by molar-refractivity contribution is -0.0769. The van der Waals surface area contributed by atoms with E-state index in [4.69, 9.17) is 4.74 Å². The summed E-state index contributed by atoms with van der Waals surface area (Å²) in [5, 5.41) is 9.32. The summed E-state index contributed by atoms with van der Waals surface area (Å²) < 4.78 is 4.78. The van der Waals surface area contributed by atoms with Crippen LogP contribution in [-0.4, -0.2) is 26.3 Å². The highest BCUT2D eigenvalue weighted by molar-refractivity contribution is 5.46. The van der Waals surface area contributed by atoms with E-state index < -0.39 is 6.29 Å². The normalized spacial score (nSPS) is 12.6. The van der Waals surface area contributed by atoms with Crippen molar-refractivity contribution in [3.8, 4) is 0 Å². The molecule has 1 unspecified atom stereocenters. The first-order chi connectivity index (χ1) is 6.15. The van der Waals surface area contributed by atoms with E-state index in [1.807, 2.05) is 43.3 Å². The first kappa shape index (κ1) is 10.0. The van der Waals surface area contributed by atoms with Crippen LogP contribution in [0.2, 0.25) is 0 Å². The van der Waals surface area contributed by atoms with Crippen LogP contribution in [0.15, 0.2) is 24.3 Å². The van der Waals surface area contributed by atoms with Gasteiger partial charge in [-0.3, -0.25) is 0 Å². The van der Waals surface area contributed by atoms with E-state index in [-0.39, 0.29) is 0 Å². The lowest BCUT2D eigenvalue weighted by Crippen LogP contribution is -2.08. The van der Waals surface area contributed by atoms with Crippen LogP contribution in [0, 0.1) is 0 Å². The maximum atomic E-state index is 9.32. The van der Waals surface area contributed by atoms with Gasteiger partial charge in [-0.05, 0) is 12.1 Å². The van der Waals surface area contributed by atoms with E-state index in [1.54, 1.807) is 0 Å². The second-order valence-electron chi connectivity index (χ2n) is 3.07. The average Bonchev–Trinajstić information content (AvgIpc) is 2.17. The number of anilines is 1. The van der Waals surface area contributed by atoms with Crippen molar-refractivity contribution < 1.29 is 9.84 Å². The van der Waals surface area contributed by atoms with Crippen molar-refractivity contribution in [1.82, 2.24) is 0 Å². The van der Waals surface area contributed by atoms with E-state index in [9.17, 15) is 5.11 Å². The molecule has 72 valence electrons. The topological polar surface area (TPSA) is 32.7 Å². The maximum Gasteiger partial charge on any atom is 0.180 e. The number of rotatable bonds is 3. The van der Waals surface area contributed by atoms with Crippen LogP contribution in [0.1, 0.15) is 11.9 Å². The Morgan fingerprint density at radius 3 is 2.15 bits per heavy atom. The van der Waals surface area contributed by atoms with Gasteiger partial charge in [0.25, 0.3) is 0 Å². The van der Waals surface area contributed by atoms with Gasteiger partial charge in [-0.1, -0.05) is 12.1 Å². The fourth-order valence-electron chi connectivity index (χ4n) is 1.07. The highest BCUT2D eigenvalue weighted by Crippen LogP contribution is 2.17. The largest absolute Gasteiger partial charge is 0.378 e. The predicted molar refractivity (Wildman–Crippen MR) is 52.7 cm³/mol. The molecule has 0 aliphatic rings. The summed E-state index contributed by atoms with van der Waals surface area (Å²) in [5.41, 5.74) is 1.88. The van der Waals surface area contributed by atoms with Gasteiger partial charge < -0.3 is 14.7 Å². The molecule has 1 aromatic carbocycles. The highest BCUT2D eigenvalue weighted by Gasteiger charge is 2.04. The van der Waals surface area contributed by atoms with Gasteiger partial charge in [-0.2, -0.15) is 0 Å². The number of benzene rings is 1. The van der Waals surface area contributed by atoms with Crippen LogP contribution in [-0.2, 0) is 4.74 Å². The standard InChI is InChI=1S/C10H15NO2/c1-11(2)9-6-4-8(5-7-9)10(12)13-3/h4-7,10,12H,1-3H3. The summed E-state index contributed by atoms with van der Waals surface area (Å²) in [5.74, 6) is 0. The summed E-state index contributed by atoms with van der Waals surface area (Å²) in [6.45, 7) is 0. The van der Waals surface area contributed by atoms with Crippen LogP contribution >= 0.6 is 0 Å². The van der Waals surface area contributed by atoms with Gasteiger partial charge in [0, 0.05) is 32.5 Å². The number of nitrogens with zero attached hydrogens (tertiary/aromatic N) is 1. The van der Waals surface area contributed by atoms with Crippen LogP contribution in [0.4, 0.5) is 5.69 Å². The van der Waals surface area contributed by atoms with Crippen LogP contribution in [0.5, 0.6) is 0 Å². The molecular weight excluding hydrogens is 166 g/mol. The first-order valence-electron chi connectivity index (χ1n) is 4.13. The summed E-state index contributed by atoms with van der Waals surface area (Å²) in [6, 6.07) is 7.59. The molecule has 1 rings (SSSR count). The quantitative estimate of drug-likeness (QED) is 0.715. The van der Waals surface area contributed by atoms with Crippen molar-refractivity contribution in [3.05, 3.63) is 29.8 Å². The molecule has 0 fully saturated rings. The summed E-state index contributed by atoms with van der Waals surface area (Å²) in [4.78, 5) is 2.00. The molecule has 0 saturated heterocycles. The zero-order valence-electron chi connectivity index (χ0n) is 8.19. The molecule has 0 bridgehead atoms. The molecule has 0 heterocycles. The zero-order chi connectivity index (χ0) is 9.84. The van der Waals surface area contributed by atoms with E-state index in [2.05, 4.69) is 0 Å². The zero-order valence-corrected chi connectivity index (χ0v) is 8.19. The SMILES string of the molecule is COC(O)c1ccc(N(C)C)cc1. The third-order valence-electron chi connectivity index (χ3n) is 1.92. The van der Waals surface area contributed by atoms with E-state index in [0.29, 0.717) is 0 Å². The van der Waals surface area contributed by atoms with Crippen molar-refractivity contribution in [1.29, 1.82) is 0 Å². The fraction of sp³-hybridized carbons (Fsp3) is 0.400. The molecule has 3 heteroatoms. The maximum absolute atomic E-state index is 9.32. The van der Waals surface area contributed by atoms with Crippen molar-refractivity contribution in [2.24, 2.45) is 0 Å². The lowest BCUT2D eigenvalue weighted by atomic mass is 10.2. The summed E-state index contributed by atoms with van der Waals surface area (Å²) in [7, 11) is 5.42. The Hall–Kier alpha value is -1.06. The Bertz CT molecular complexity index is 256. The van der Waals surface area contributed by atoms with Gasteiger partial charge in [0.1, 0.15) is 0 Å². The number of hydrogen-bond acceptors (Lipinski definition) is 3. The minimum absolute atomic E-state index is 0.771. The van der Waals surface area contributed by atoms with Gasteiger partial charge in [0.2, 0.25) is 0 Å². The molecule has 1 N–H and O–H groups in total. The van der Waals surface area contributed by atoms with Gasteiger partial charge >= 0.3 is 0 Å². The molecule has 13 heavy (non-hydrogen) atoms. The molecule has 3 nitrogen and oxygen atoms in total. The van der Waals surface area contributed by atoms with Gasteiger partial charge in [-0.15, -0.1) is 0 Å². The van der Waals surface area contributed by atoms with Crippen LogP contribution < -0.4 is 4.90 Å². The summed E-state index contributed by atoms with van der Waals surface area (Å²) >= 11 is 0. The molecule has 1 aromatic rings. The third-order valence-corrected chi connectivity index (χ3v) is 1.92. The highest BCUT2D eigenvalue weighted by atomic mass is 16.6. The number of ether oxygens (including phenoxy) is 1. The Morgan fingerprint density at radius 2 is 1.77 bits per heavy atom. The minimum atomic E-state index is -0.823. The predicted octanol–water partition coefficient (Wildman–Crippen LogP) is 1.39. The number of aliphatic hydroxyl groups is 1. The first-order valence-corrected chi connectivity index (χ1v) is 4.13. The Balaban J connectivity index is 2.81. The Kier molecular flexibility index (Phi) is 3.28. The van der Waals surface area contributed by atoms with Gasteiger partial charge in [-0.25, -0.2) is 0 Å². The van der Waals surface area contributed by atoms with Gasteiger partial charge in [0.05, 0.1) is 0 Å². The lowest BCUT2D eigenvalue weighted by Gasteiger charge is -2.14. The molecule has 0 aliphatic heterocycles. The second-order valence-corrected chi connectivity index (χ2v) is 3.07. The Labute approximate surface area is 78.6 Å². The fourth-order valence-corrected chi connectivity index (χ4v) is 1.07. The molecule has 0 aromatic heterocycles. The van der Waals surface area contributed by atoms with E-state index in [1.165, 1.54) is 7.11 Å². The molecule has 0 saturated carbocycles. The average molecular weight is 181 g/mol. The number of methoxy groups -OCH3 is 1. The van der Waals surface area contributed by atoms with Crippen molar-refractivity contribution in [2.75, 3.05) is 26.1 Å². The smallest absolute Gasteiger partial charge is 0.180 e. The molecule has 0 amide bonds. The number of aliphatic hydroxyl groups excluding tert-OH is 1. The minimum Gasteiger partial charge on any atom is -0.378 e. The molecule has 0 spiro atoms. The van der Waals surface area contributed by atoms with Crippen LogP contribution in [0.25, 0.3) is 0 Å². The van der Waals surface area contributed by atoms with Gasteiger partial charge in [0.15, 0.2) is 6.29 Å². The monoisotopic (exact) mass is 181 g/mol. The van der Waals surface area contributed by atoms with E-state index in [0.717, 1.165) is 11.3 Å². The van der Waals surface area contributed by atoms with Crippen molar-refractivity contribution in [3.63, 3.8) is 0 Å². The third kappa shape index (κ3) is 2.44. The molecule has 0 radical (unpaired) electrons. The van der Waals surface area contributed by atoms with E-state index >= 15 is 0 Å². The molecule has 0 aliphatic carbocycles. The molecule has 1 atom stereocenters. The Morgan fingerprint density at radius 1 is 1.23 bits per heavy atom. The van der Waals surface area contributed by atoms with Crippen LogP contribution in [0.3, 0.4) is 0 Å². The number of hydrogen-bond donors (Lipinski definition) is 1. The summed E-state index contributed by atoms with van der Waals surface area (Å²) in [6.07, 6.45) is -0.823.